The molecule has 0 aliphatic heterocycles. The molecular weight excluding hydrogens is 272 g/mol. The Labute approximate surface area is 108 Å². The van der Waals surface area contributed by atoms with Gasteiger partial charge in [0.05, 0.1) is 10.6 Å². The number of carbonyl (C=O) groups is 1. The normalized spacial score (nSPS) is 11.4. The van der Waals surface area contributed by atoms with E-state index in [0.29, 0.717) is 5.69 Å². The fraction of sp³-hybridized carbons (Fsp3) is 0.100. The third-order valence-corrected chi connectivity index (χ3v) is 3.51. The predicted molar refractivity (Wildman–Crippen MR) is 65.8 cm³/mol. The van der Waals surface area contributed by atoms with Gasteiger partial charge in [-0.15, -0.1) is 5.10 Å². The summed E-state index contributed by atoms with van der Waals surface area (Å²) in [6.07, 6.45) is 1.07. The first-order valence-corrected chi connectivity index (χ1v) is 6.95. The second kappa shape index (κ2) is 4.35. The van der Waals surface area contributed by atoms with Crippen molar-refractivity contribution in [3.63, 3.8) is 0 Å². The Kier molecular flexibility index (Phi) is 2.98. The number of anilines is 1. The Morgan fingerprint density at radius 3 is 2.63 bits per heavy atom. The molecule has 0 atom stereocenters. The van der Waals surface area contributed by atoms with Gasteiger partial charge in [0.15, 0.2) is 15.7 Å². The molecule has 9 heteroatoms. The molecule has 1 heterocycles. The van der Waals surface area contributed by atoms with Gasteiger partial charge < -0.3 is 10.8 Å². The van der Waals surface area contributed by atoms with E-state index in [1.54, 1.807) is 6.07 Å². The highest BCUT2D eigenvalue weighted by Crippen LogP contribution is 2.18. The number of benzene rings is 1. The van der Waals surface area contributed by atoms with E-state index in [0.717, 1.165) is 10.9 Å². The third kappa shape index (κ3) is 2.40. The number of carboxylic acid groups (broad SMARTS) is 1. The lowest BCUT2D eigenvalue weighted by atomic mass is 10.3. The molecule has 0 aliphatic rings. The van der Waals surface area contributed by atoms with E-state index < -0.39 is 15.8 Å². The minimum Gasteiger partial charge on any atom is -0.476 e. The molecule has 0 radical (unpaired) electrons. The number of carboxylic acids is 1. The van der Waals surface area contributed by atoms with E-state index in [1.807, 2.05) is 0 Å². The summed E-state index contributed by atoms with van der Waals surface area (Å²) < 4.78 is 24.0. The van der Waals surface area contributed by atoms with Gasteiger partial charge in [-0.05, 0) is 18.2 Å². The summed E-state index contributed by atoms with van der Waals surface area (Å²) in [6.45, 7) is 0. The zero-order valence-corrected chi connectivity index (χ0v) is 10.6. The van der Waals surface area contributed by atoms with E-state index in [-0.39, 0.29) is 16.4 Å². The first-order valence-electron chi connectivity index (χ1n) is 5.05. The molecule has 2 aromatic rings. The largest absolute Gasteiger partial charge is 0.476 e. The van der Waals surface area contributed by atoms with Crippen molar-refractivity contribution in [2.45, 2.75) is 4.90 Å². The van der Waals surface area contributed by atoms with Crippen molar-refractivity contribution in [2.75, 3.05) is 12.0 Å². The van der Waals surface area contributed by atoms with E-state index >= 15 is 0 Å². The Balaban J connectivity index is 2.57. The molecule has 19 heavy (non-hydrogen) atoms. The zero-order chi connectivity index (χ0) is 14.2. The lowest BCUT2D eigenvalue weighted by molar-refractivity contribution is 0.0691. The van der Waals surface area contributed by atoms with Crippen LogP contribution >= 0.6 is 0 Å². The van der Waals surface area contributed by atoms with Crippen LogP contribution in [0, 0.1) is 0 Å². The number of hydrogen-bond donors (Lipinski definition) is 2. The number of aromatic nitrogens is 3. The summed E-state index contributed by atoms with van der Waals surface area (Å²) in [6, 6.07) is 5.81. The molecule has 0 fully saturated rings. The van der Waals surface area contributed by atoms with Gasteiger partial charge in [-0.2, -0.15) is 4.68 Å². The molecule has 2 rings (SSSR count). The third-order valence-electron chi connectivity index (χ3n) is 2.40. The van der Waals surface area contributed by atoms with Crippen LogP contribution in [-0.4, -0.2) is 40.7 Å². The second-order valence-corrected chi connectivity index (χ2v) is 5.83. The molecule has 100 valence electrons. The van der Waals surface area contributed by atoms with Crippen molar-refractivity contribution in [3.8, 4) is 5.69 Å². The molecule has 0 spiro atoms. The van der Waals surface area contributed by atoms with Crippen molar-refractivity contribution in [1.29, 1.82) is 0 Å². The van der Waals surface area contributed by atoms with Crippen molar-refractivity contribution < 1.29 is 18.3 Å². The van der Waals surface area contributed by atoms with Crippen LogP contribution in [0.5, 0.6) is 0 Å². The molecule has 0 unspecified atom stereocenters. The number of nitrogens with two attached hydrogens (primary N) is 1. The molecular formula is C10H10N4O4S. The quantitative estimate of drug-likeness (QED) is 0.807. The van der Waals surface area contributed by atoms with Gasteiger partial charge in [0, 0.05) is 6.26 Å². The highest BCUT2D eigenvalue weighted by molar-refractivity contribution is 7.90. The maximum atomic E-state index is 11.4. The summed E-state index contributed by atoms with van der Waals surface area (Å²) in [7, 11) is -3.37. The predicted octanol–water partition coefficient (Wildman–Crippen LogP) is -0.0488. The smallest absolute Gasteiger partial charge is 0.360 e. The van der Waals surface area contributed by atoms with E-state index in [4.69, 9.17) is 10.8 Å². The molecule has 1 aromatic heterocycles. The summed E-state index contributed by atoms with van der Waals surface area (Å²) in [5.41, 5.74) is 5.54. The van der Waals surface area contributed by atoms with Crippen molar-refractivity contribution in [2.24, 2.45) is 0 Å². The van der Waals surface area contributed by atoms with Gasteiger partial charge in [-0.3, -0.25) is 0 Å². The molecule has 0 bridgehead atoms. The molecule has 0 saturated carbocycles. The number of nitrogens with zero attached hydrogens (tertiary/aromatic N) is 3. The maximum absolute atomic E-state index is 11.4. The fourth-order valence-corrected chi connectivity index (χ4v) is 2.14. The standard InChI is InChI=1S/C10H10N4O4S/c1-19(17,18)7-4-2-3-6(5-7)14-9(11)8(10(15)16)12-13-14/h2-5H,11H2,1H3,(H,15,16). The average Bonchev–Trinajstić information content (AvgIpc) is 2.70. The van der Waals surface area contributed by atoms with Gasteiger partial charge >= 0.3 is 5.97 Å². The maximum Gasteiger partial charge on any atom is 0.360 e. The van der Waals surface area contributed by atoms with Crippen LogP contribution in [0.25, 0.3) is 5.69 Å². The number of hydrogen-bond acceptors (Lipinski definition) is 6. The fourth-order valence-electron chi connectivity index (χ4n) is 1.48. The number of rotatable bonds is 3. The number of sulfone groups is 1. The minimum atomic E-state index is -3.37. The molecule has 8 nitrogen and oxygen atoms in total. The first kappa shape index (κ1) is 13.0. The van der Waals surface area contributed by atoms with Crippen molar-refractivity contribution in [1.82, 2.24) is 15.0 Å². The van der Waals surface area contributed by atoms with Gasteiger partial charge in [-0.25, -0.2) is 13.2 Å². The minimum absolute atomic E-state index is 0.0803. The summed E-state index contributed by atoms with van der Waals surface area (Å²) in [4.78, 5) is 10.9. The van der Waals surface area contributed by atoms with Crippen LogP contribution < -0.4 is 5.73 Å². The second-order valence-electron chi connectivity index (χ2n) is 3.81. The number of nitrogen functional groups attached to an aromatic ring is 1. The molecule has 3 N–H and O–H groups in total. The summed E-state index contributed by atoms with van der Waals surface area (Å²) >= 11 is 0. The van der Waals surface area contributed by atoms with Gasteiger partial charge in [-0.1, -0.05) is 11.3 Å². The Morgan fingerprint density at radius 1 is 1.42 bits per heavy atom. The molecule has 0 saturated heterocycles. The average molecular weight is 282 g/mol. The van der Waals surface area contributed by atoms with Crippen LogP contribution in [0.4, 0.5) is 5.82 Å². The Hall–Kier alpha value is -2.42. The van der Waals surface area contributed by atoms with E-state index in [2.05, 4.69) is 10.3 Å². The topological polar surface area (TPSA) is 128 Å². The highest BCUT2D eigenvalue weighted by Gasteiger charge is 2.18. The van der Waals surface area contributed by atoms with Crippen molar-refractivity contribution >= 4 is 21.6 Å². The van der Waals surface area contributed by atoms with Crippen LogP contribution in [0.2, 0.25) is 0 Å². The Bertz CT molecular complexity index is 751. The van der Waals surface area contributed by atoms with E-state index in [1.165, 1.54) is 18.2 Å². The Morgan fingerprint density at radius 2 is 2.11 bits per heavy atom. The van der Waals surface area contributed by atoms with Crippen LogP contribution in [0.1, 0.15) is 10.5 Å². The van der Waals surface area contributed by atoms with Crippen molar-refractivity contribution in [3.05, 3.63) is 30.0 Å². The van der Waals surface area contributed by atoms with Gasteiger partial charge in [0.1, 0.15) is 0 Å². The van der Waals surface area contributed by atoms with Crippen LogP contribution in [0.15, 0.2) is 29.2 Å². The molecule has 0 aliphatic carbocycles. The van der Waals surface area contributed by atoms with Crippen LogP contribution in [-0.2, 0) is 9.84 Å². The van der Waals surface area contributed by atoms with E-state index in [9.17, 15) is 13.2 Å². The van der Waals surface area contributed by atoms with Crippen LogP contribution in [0.3, 0.4) is 0 Å². The molecule has 0 amide bonds. The highest BCUT2D eigenvalue weighted by atomic mass is 32.2. The molecule has 1 aromatic carbocycles. The van der Waals surface area contributed by atoms with Gasteiger partial charge in [0.2, 0.25) is 5.69 Å². The SMILES string of the molecule is CS(=O)(=O)c1cccc(-n2nnc(C(=O)O)c2N)c1. The van der Waals surface area contributed by atoms with Gasteiger partial charge in [0.25, 0.3) is 0 Å². The first-order chi connectivity index (χ1) is 8.80. The zero-order valence-electron chi connectivity index (χ0n) is 9.81. The number of aromatic carboxylic acids is 1. The lowest BCUT2D eigenvalue weighted by Crippen LogP contribution is -2.06. The summed E-state index contributed by atoms with van der Waals surface area (Å²) in [5.74, 6) is -1.47. The lowest BCUT2D eigenvalue weighted by Gasteiger charge is -2.04. The summed E-state index contributed by atoms with van der Waals surface area (Å²) in [5, 5.41) is 15.8. The monoisotopic (exact) mass is 282 g/mol.